The van der Waals surface area contributed by atoms with Crippen LogP contribution in [0.4, 0.5) is 11.4 Å². The zero-order valence-corrected chi connectivity index (χ0v) is 64.4. The number of pyridine rings is 2. The van der Waals surface area contributed by atoms with Crippen LogP contribution in [0.25, 0.3) is 49.9 Å². The van der Waals surface area contributed by atoms with E-state index in [0.717, 1.165) is 137 Å². The maximum absolute atomic E-state index is 14.8. The van der Waals surface area contributed by atoms with Gasteiger partial charge in [0.05, 0.1) is 92.3 Å². The number of hydrogen-bond donors (Lipinski definition) is 5. The van der Waals surface area contributed by atoms with Crippen molar-refractivity contribution in [3.8, 4) is 41.1 Å². The minimum Gasteiger partial charge on any atom is -0.496 e. The van der Waals surface area contributed by atoms with Crippen LogP contribution in [0, 0.1) is 52.3 Å². The van der Waals surface area contributed by atoms with Gasteiger partial charge in [0, 0.05) is 93.7 Å². The number of ether oxygens (including phenoxy) is 2. The SMILES string of the molecule is COc1ccc2c(c1C1CCN(C[C@H]3CC[C@H](n4cc5cc(NC(=O)c6cccc(C#N)n6)ccc5n4)C(C([C@H]4CC[C@H](NC(=O)c5cnc(-c6ccc7cc(C#N)cnn67)cc5NC(C)C)CC4)N4CCC(OCC#Cc5cccc6c5n(C)c(=O)n6C5CCC(=O)NC5=O)CC4)C3)CC1)n(C)c(=O)n2C1CCC(=O)NC1=O. The number of rotatable bonds is 19. The molecule has 29 heteroatoms. The van der Waals surface area contributed by atoms with Crippen LogP contribution in [0.15, 0.2) is 119 Å². The molecular formula is C85H91N19O10. The summed E-state index contributed by atoms with van der Waals surface area (Å²) in [5.41, 5.74) is 8.63. The summed E-state index contributed by atoms with van der Waals surface area (Å²) in [6.45, 7) is 8.23. The Morgan fingerprint density at radius 3 is 2.14 bits per heavy atom. The molecule has 6 aliphatic rings. The van der Waals surface area contributed by atoms with E-state index in [1.807, 2.05) is 80.6 Å². The number of nitriles is 2. The molecule has 0 bridgehead atoms. The number of anilines is 2. The number of carbonyl (C=O) groups excluding carboxylic acids is 6. The third-order valence-corrected chi connectivity index (χ3v) is 24.3. The lowest BCUT2D eigenvalue weighted by Gasteiger charge is -2.51. The first-order chi connectivity index (χ1) is 55.3. The first kappa shape index (κ1) is 75.9. The molecule has 114 heavy (non-hydrogen) atoms. The average Bonchev–Trinajstić information content (AvgIpc) is 1.57. The number of hydrogen-bond acceptors (Lipinski definition) is 19. The maximum Gasteiger partial charge on any atom is 0.329 e. The average molecular weight is 1540 g/mol. The normalized spacial score (nSPS) is 21.8. The number of fused-ring (bicyclic) bond motifs is 4. The van der Waals surface area contributed by atoms with E-state index in [-0.39, 0.29) is 121 Å². The number of nitrogens with zero attached hydrogens (tertiary/aromatic N) is 14. The van der Waals surface area contributed by atoms with Crippen LogP contribution in [-0.4, -0.2) is 164 Å². The highest BCUT2D eigenvalue weighted by atomic mass is 16.5. The number of imide groups is 2. The number of aryl methyl sites for hydroxylation is 2. The van der Waals surface area contributed by atoms with Crippen LogP contribution < -0.4 is 42.7 Å². The lowest BCUT2D eigenvalue weighted by atomic mass is 9.67. The van der Waals surface area contributed by atoms with E-state index >= 15 is 0 Å². The van der Waals surface area contributed by atoms with Crippen molar-refractivity contribution >= 4 is 85.3 Å². The number of likely N-dealkylation sites (tertiary alicyclic amines) is 2. The fourth-order valence-corrected chi connectivity index (χ4v) is 19.0. The third kappa shape index (κ3) is 15.0. The van der Waals surface area contributed by atoms with Crippen molar-refractivity contribution in [1.29, 1.82) is 10.5 Å². The second kappa shape index (κ2) is 32.2. The molecule has 10 aromatic rings. The Balaban J connectivity index is 0.681. The number of amides is 6. The second-order valence-corrected chi connectivity index (χ2v) is 31.7. The molecular weight excluding hydrogens is 1450 g/mol. The van der Waals surface area contributed by atoms with Crippen LogP contribution in [0.5, 0.6) is 5.75 Å². The van der Waals surface area contributed by atoms with Gasteiger partial charge in [0.15, 0.2) is 0 Å². The molecule has 586 valence electrons. The molecule has 11 heterocycles. The van der Waals surface area contributed by atoms with Crippen molar-refractivity contribution < 1.29 is 38.2 Å². The molecule has 4 saturated heterocycles. The van der Waals surface area contributed by atoms with E-state index in [1.165, 1.54) is 15.3 Å². The van der Waals surface area contributed by atoms with E-state index < -0.39 is 29.8 Å². The lowest BCUT2D eigenvalue weighted by Crippen LogP contribution is -2.54. The van der Waals surface area contributed by atoms with Crippen LogP contribution >= 0.6 is 0 Å². The van der Waals surface area contributed by atoms with Gasteiger partial charge in [-0.05, 0) is 213 Å². The minimum atomic E-state index is -0.827. The molecule has 3 aromatic carbocycles. The molecule has 2 aliphatic carbocycles. The molecule has 6 amide bonds. The zero-order valence-electron chi connectivity index (χ0n) is 64.4. The number of carbonyl (C=O) groups is 6. The number of methoxy groups -OCH3 is 1. The third-order valence-electron chi connectivity index (χ3n) is 24.3. The zero-order chi connectivity index (χ0) is 79.2. The van der Waals surface area contributed by atoms with Gasteiger partial charge in [-0.1, -0.05) is 24.0 Å². The van der Waals surface area contributed by atoms with E-state index in [4.69, 9.17) is 19.6 Å². The second-order valence-electron chi connectivity index (χ2n) is 31.7. The van der Waals surface area contributed by atoms with Gasteiger partial charge in [-0.15, -0.1) is 0 Å². The predicted molar refractivity (Wildman–Crippen MR) is 425 cm³/mol. The van der Waals surface area contributed by atoms with Crippen molar-refractivity contribution in [2.75, 3.05) is 57.1 Å². The summed E-state index contributed by atoms with van der Waals surface area (Å²) in [5, 5.41) is 44.7. The molecule has 4 unspecified atom stereocenters. The number of imidazole rings is 2. The fourth-order valence-electron chi connectivity index (χ4n) is 19.0. The van der Waals surface area contributed by atoms with Gasteiger partial charge >= 0.3 is 11.4 Å². The van der Waals surface area contributed by atoms with Gasteiger partial charge in [-0.25, -0.2) is 19.1 Å². The van der Waals surface area contributed by atoms with E-state index in [2.05, 4.69) is 75.3 Å². The van der Waals surface area contributed by atoms with Gasteiger partial charge in [0.25, 0.3) is 11.8 Å². The summed E-state index contributed by atoms with van der Waals surface area (Å²) < 4.78 is 22.8. The molecule has 0 spiro atoms. The summed E-state index contributed by atoms with van der Waals surface area (Å²) in [7, 11) is 5.06. The molecule has 0 radical (unpaired) electrons. The molecule has 29 nitrogen and oxygen atoms in total. The highest BCUT2D eigenvalue weighted by Crippen LogP contribution is 2.48. The number of nitrogens with one attached hydrogen (secondary N) is 5. The molecule has 6 atom stereocenters. The fraction of sp³-hybridized carbons (Fsp3) is 0.435. The van der Waals surface area contributed by atoms with Crippen LogP contribution in [0.1, 0.15) is 177 Å². The van der Waals surface area contributed by atoms with Crippen molar-refractivity contribution in [3.05, 3.63) is 164 Å². The molecule has 16 rings (SSSR count). The summed E-state index contributed by atoms with van der Waals surface area (Å²) in [5.74, 6) is 5.55. The van der Waals surface area contributed by atoms with Gasteiger partial charge in [0.1, 0.15) is 48.0 Å². The number of piperidine rings is 4. The molecule has 4 aliphatic heterocycles. The Labute approximate surface area is 657 Å². The number of benzene rings is 3. The quantitative estimate of drug-likeness (QED) is 0.0372. The Kier molecular flexibility index (Phi) is 21.4. The van der Waals surface area contributed by atoms with E-state index in [9.17, 15) is 48.9 Å². The Morgan fingerprint density at radius 1 is 0.719 bits per heavy atom. The van der Waals surface area contributed by atoms with Gasteiger partial charge in [-0.2, -0.15) is 20.7 Å². The lowest BCUT2D eigenvalue weighted by molar-refractivity contribution is -0.137. The van der Waals surface area contributed by atoms with Crippen molar-refractivity contribution in [2.24, 2.45) is 31.8 Å². The van der Waals surface area contributed by atoms with Crippen LogP contribution in [0.2, 0.25) is 0 Å². The molecule has 7 aromatic heterocycles. The minimum absolute atomic E-state index is 0.00559. The number of para-hydroxylation sites is 1. The monoisotopic (exact) mass is 1540 g/mol. The van der Waals surface area contributed by atoms with Gasteiger partial charge in [0.2, 0.25) is 23.6 Å². The molecule has 5 N–H and O–H groups in total. The van der Waals surface area contributed by atoms with E-state index in [0.29, 0.717) is 62.0 Å². The van der Waals surface area contributed by atoms with E-state index in [1.54, 1.807) is 71.4 Å². The Bertz CT molecular complexity index is 5750. The summed E-state index contributed by atoms with van der Waals surface area (Å²) >= 11 is 0. The van der Waals surface area contributed by atoms with Crippen molar-refractivity contribution in [1.82, 2.24) is 73.4 Å². The predicted octanol–water partition coefficient (Wildman–Crippen LogP) is 8.95. The first-order valence-corrected chi connectivity index (χ1v) is 39.6. The Morgan fingerprint density at radius 2 is 1.44 bits per heavy atom. The van der Waals surface area contributed by atoms with Gasteiger partial charge < -0.3 is 30.3 Å². The number of aromatic nitrogens is 10. The van der Waals surface area contributed by atoms with Crippen LogP contribution in [-0.2, 0) is 38.0 Å². The van der Waals surface area contributed by atoms with Crippen molar-refractivity contribution in [2.45, 2.75) is 158 Å². The first-order valence-electron chi connectivity index (χ1n) is 39.6. The summed E-state index contributed by atoms with van der Waals surface area (Å²) in [6, 6.07) is 29.6. The summed E-state index contributed by atoms with van der Waals surface area (Å²) in [4.78, 5) is 121. The Hall–Kier alpha value is -12.1. The highest BCUT2D eigenvalue weighted by molar-refractivity contribution is 6.04. The maximum atomic E-state index is 14.8. The van der Waals surface area contributed by atoms with Crippen LogP contribution in [0.3, 0.4) is 0 Å². The van der Waals surface area contributed by atoms with Crippen molar-refractivity contribution in [3.63, 3.8) is 0 Å². The highest BCUT2D eigenvalue weighted by Gasteiger charge is 2.46. The topological polar surface area (TPSA) is 350 Å². The molecule has 6 fully saturated rings. The molecule has 2 saturated carbocycles. The standard InChI is InChI=1S/C85H91N19O10/c1-49(2)90-65-42-66(68-23-20-59-39-51(43-86)45-89-104(59)68)88-46-62(65)80(107)92-56-17-15-54(16-18-56)77(100-36-32-60(33-37-100)114-38-8-10-53-9-6-13-69-78(53)97(3)84(111)102(69)71-25-28-74(105)94-82(71)109)61-40-50(14-22-67(61)101-48-55-41-57(19-21-63(55)96-101)93-81(108)64-12-7-11-58(44-87)91-64)47-99-34-30-52(31-35-99)76-73(113-5)27-24-70-79(76)98(4)85(112)103(70)72-26-29-75(106)95-83(72)110/h6-7,9,11-13,19-21,23-24,27,39,41-42,45-46,48-50,52,54,56,60-61,67,71-72,77H,14-18,22,25-26,28-38,40,47H2,1-5H3,(H,88,90)(H,92,107)(H,93,108)(H,94,105,109)(H,95,106,110)/t50-,54-,56-,61?,67-,71?,72?,77?/m0/s1. The summed E-state index contributed by atoms with van der Waals surface area (Å²) in [6.07, 6.45) is 14.9. The smallest absolute Gasteiger partial charge is 0.329 e. The largest absolute Gasteiger partial charge is 0.496 e. The van der Waals surface area contributed by atoms with Gasteiger partial charge in [-0.3, -0.25) is 72.2 Å².